The maximum absolute atomic E-state index is 5.67. The van der Waals surface area contributed by atoms with Crippen LogP contribution in [0.2, 0.25) is 0 Å². The van der Waals surface area contributed by atoms with Crippen LogP contribution in [0.25, 0.3) is 0 Å². The summed E-state index contributed by atoms with van der Waals surface area (Å²) >= 11 is 1.45. The van der Waals surface area contributed by atoms with Crippen LogP contribution in [0.15, 0.2) is 28.8 Å². The molecular weight excluding hydrogens is 248 g/mol. The normalized spacial score (nSPS) is 11.1. The third-order valence-corrected chi connectivity index (χ3v) is 3.16. The van der Waals surface area contributed by atoms with Gasteiger partial charge in [0.15, 0.2) is 5.16 Å². The average Bonchev–Trinajstić information content (AvgIpc) is 2.72. The van der Waals surface area contributed by atoms with E-state index in [0.29, 0.717) is 12.5 Å². The molecule has 0 aliphatic rings. The summed E-state index contributed by atoms with van der Waals surface area (Å²) in [4.78, 5) is 8.25. The van der Waals surface area contributed by atoms with Crippen LogP contribution in [0.5, 0.6) is 0 Å². The third kappa shape index (κ3) is 3.05. The molecule has 6 nitrogen and oxygen atoms in total. The number of nitrogens with zero attached hydrogens (tertiary/aromatic N) is 5. The van der Waals surface area contributed by atoms with E-state index in [-0.39, 0.29) is 0 Å². The zero-order chi connectivity index (χ0) is 13.0. The Morgan fingerprint density at radius 3 is 2.78 bits per heavy atom. The van der Waals surface area contributed by atoms with Gasteiger partial charge in [-0.3, -0.25) is 4.98 Å². The van der Waals surface area contributed by atoms with E-state index in [0.717, 1.165) is 22.6 Å². The summed E-state index contributed by atoms with van der Waals surface area (Å²) in [6, 6.07) is 0. The van der Waals surface area contributed by atoms with Gasteiger partial charge in [0.1, 0.15) is 10.9 Å². The van der Waals surface area contributed by atoms with Gasteiger partial charge in [0.05, 0.1) is 12.7 Å². The molecule has 2 rings (SSSR count). The van der Waals surface area contributed by atoms with Crippen molar-refractivity contribution in [2.75, 3.05) is 0 Å². The first-order chi connectivity index (χ1) is 8.70. The second-order valence-corrected chi connectivity index (χ2v) is 5.24. The van der Waals surface area contributed by atoms with Gasteiger partial charge >= 0.3 is 0 Å². The molecule has 0 radical (unpaired) electrons. The molecule has 0 aromatic carbocycles. The molecule has 2 heterocycles. The second kappa shape index (κ2) is 5.92. The first-order valence-corrected chi connectivity index (χ1v) is 6.58. The van der Waals surface area contributed by atoms with Crippen LogP contribution in [-0.4, -0.2) is 24.7 Å². The van der Waals surface area contributed by atoms with Gasteiger partial charge in [-0.1, -0.05) is 13.8 Å². The Balaban J connectivity index is 2.24. The minimum atomic E-state index is 0.390. The number of rotatable bonds is 5. The molecule has 0 fully saturated rings. The number of aromatic nitrogens is 5. The predicted molar refractivity (Wildman–Crippen MR) is 68.9 cm³/mol. The molecule has 18 heavy (non-hydrogen) atoms. The molecule has 0 amide bonds. The van der Waals surface area contributed by atoms with Gasteiger partial charge in [0.2, 0.25) is 0 Å². The molecule has 7 heteroatoms. The van der Waals surface area contributed by atoms with Crippen molar-refractivity contribution in [2.45, 2.75) is 37.1 Å². The van der Waals surface area contributed by atoms with Crippen molar-refractivity contribution in [1.82, 2.24) is 24.7 Å². The van der Waals surface area contributed by atoms with Crippen LogP contribution in [0.4, 0.5) is 0 Å². The fourth-order valence-corrected chi connectivity index (χ4v) is 2.31. The van der Waals surface area contributed by atoms with Crippen molar-refractivity contribution in [3.05, 3.63) is 24.4 Å². The van der Waals surface area contributed by atoms with Crippen LogP contribution >= 0.6 is 11.8 Å². The maximum atomic E-state index is 5.67. The highest BCUT2D eigenvalue weighted by atomic mass is 32.2. The topological polar surface area (TPSA) is 82.5 Å². The maximum Gasteiger partial charge on any atom is 0.197 e. The lowest BCUT2D eigenvalue weighted by molar-refractivity contribution is 0.480. The molecule has 0 aliphatic heterocycles. The highest BCUT2D eigenvalue weighted by Crippen LogP contribution is 2.24. The average molecular weight is 264 g/mol. The van der Waals surface area contributed by atoms with Crippen LogP contribution in [0.1, 0.15) is 19.7 Å². The lowest BCUT2D eigenvalue weighted by Crippen LogP contribution is -2.12. The molecule has 0 aliphatic carbocycles. The Bertz CT molecular complexity index is 495. The van der Waals surface area contributed by atoms with Crippen molar-refractivity contribution < 1.29 is 0 Å². The van der Waals surface area contributed by atoms with E-state index >= 15 is 0 Å². The summed E-state index contributed by atoms with van der Waals surface area (Å²) in [5.74, 6) is 1.31. The Morgan fingerprint density at radius 2 is 2.17 bits per heavy atom. The zero-order valence-electron chi connectivity index (χ0n) is 10.4. The number of hydrogen-bond acceptors (Lipinski definition) is 6. The summed E-state index contributed by atoms with van der Waals surface area (Å²) in [5, 5.41) is 9.88. The first-order valence-electron chi connectivity index (χ1n) is 5.76. The van der Waals surface area contributed by atoms with Gasteiger partial charge in [0.25, 0.3) is 0 Å². The number of hydrogen-bond donors (Lipinski definition) is 1. The van der Waals surface area contributed by atoms with Crippen molar-refractivity contribution in [1.29, 1.82) is 0 Å². The Hall–Kier alpha value is -1.47. The van der Waals surface area contributed by atoms with Crippen molar-refractivity contribution in [3.63, 3.8) is 0 Å². The summed E-state index contributed by atoms with van der Waals surface area (Å²) in [5.41, 5.74) is 5.67. The molecule has 0 saturated heterocycles. The predicted octanol–water partition coefficient (Wildman–Crippen LogP) is 1.33. The first kappa shape index (κ1) is 13.0. The van der Waals surface area contributed by atoms with Crippen LogP contribution in [0, 0.1) is 5.92 Å². The van der Waals surface area contributed by atoms with Crippen LogP contribution in [-0.2, 0) is 13.1 Å². The lowest BCUT2D eigenvalue weighted by atomic mass is 10.2. The molecule has 96 valence electrons. The zero-order valence-corrected chi connectivity index (χ0v) is 11.3. The van der Waals surface area contributed by atoms with Gasteiger partial charge in [0, 0.05) is 18.9 Å². The molecule has 2 aromatic rings. The van der Waals surface area contributed by atoms with Gasteiger partial charge in [-0.15, -0.1) is 10.2 Å². The summed E-state index contributed by atoms with van der Waals surface area (Å²) in [6.07, 6.45) is 5.02. The molecule has 2 N–H and O–H groups in total. The molecule has 2 aromatic heterocycles. The largest absolute Gasteiger partial charge is 0.324 e. The van der Waals surface area contributed by atoms with Gasteiger partial charge in [-0.2, -0.15) is 0 Å². The molecule has 0 atom stereocenters. The van der Waals surface area contributed by atoms with Crippen molar-refractivity contribution >= 4 is 11.8 Å². The summed E-state index contributed by atoms with van der Waals surface area (Å²) < 4.78 is 2.05. The SMILES string of the molecule is CC(C)Cn1c(CN)nnc1Sc1cnccn1. The third-order valence-electron chi connectivity index (χ3n) is 2.26. The van der Waals surface area contributed by atoms with Gasteiger partial charge < -0.3 is 10.3 Å². The molecule has 0 unspecified atom stereocenters. The van der Waals surface area contributed by atoms with Gasteiger partial charge in [-0.25, -0.2) is 4.98 Å². The van der Waals surface area contributed by atoms with E-state index in [2.05, 4.69) is 34.0 Å². The Morgan fingerprint density at radius 1 is 1.33 bits per heavy atom. The monoisotopic (exact) mass is 264 g/mol. The van der Waals surface area contributed by atoms with E-state index in [1.807, 2.05) is 4.57 Å². The fraction of sp³-hybridized carbons (Fsp3) is 0.455. The highest BCUT2D eigenvalue weighted by molar-refractivity contribution is 7.99. The fourth-order valence-electron chi connectivity index (χ4n) is 1.53. The minimum Gasteiger partial charge on any atom is -0.324 e. The van der Waals surface area contributed by atoms with Crippen LogP contribution in [0.3, 0.4) is 0 Å². The minimum absolute atomic E-state index is 0.390. The van der Waals surface area contributed by atoms with Gasteiger partial charge in [-0.05, 0) is 17.7 Å². The molecular formula is C11H16N6S. The van der Waals surface area contributed by atoms with Crippen molar-refractivity contribution in [3.8, 4) is 0 Å². The number of nitrogens with two attached hydrogens (primary N) is 1. The summed E-state index contributed by atoms with van der Waals surface area (Å²) in [7, 11) is 0. The van der Waals surface area contributed by atoms with Crippen LogP contribution < -0.4 is 5.73 Å². The Labute approximate surface area is 110 Å². The van der Waals surface area contributed by atoms with Crippen molar-refractivity contribution in [2.24, 2.45) is 11.7 Å². The second-order valence-electron chi connectivity index (χ2n) is 4.25. The van der Waals surface area contributed by atoms with E-state index in [1.165, 1.54) is 11.8 Å². The van der Waals surface area contributed by atoms with E-state index in [1.54, 1.807) is 18.6 Å². The Kier molecular flexibility index (Phi) is 4.27. The standard InChI is InChI=1S/C11H16N6S/c1-8(2)7-17-9(5-12)15-16-11(17)18-10-6-13-3-4-14-10/h3-4,6,8H,5,7,12H2,1-2H3. The quantitative estimate of drug-likeness (QED) is 0.877. The summed E-state index contributed by atoms with van der Waals surface area (Å²) in [6.45, 7) is 5.54. The molecule has 0 spiro atoms. The smallest absolute Gasteiger partial charge is 0.197 e. The highest BCUT2D eigenvalue weighted by Gasteiger charge is 2.13. The lowest BCUT2D eigenvalue weighted by Gasteiger charge is -2.11. The van der Waals surface area contributed by atoms with E-state index in [9.17, 15) is 0 Å². The van der Waals surface area contributed by atoms with E-state index in [4.69, 9.17) is 5.73 Å². The van der Waals surface area contributed by atoms with E-state index < -0.39 is 0 Å². The molecule has 0 saturated carbocycles. The molecule has 0 bridgehead atoms.